The van der Waals surface area contributed by atoms with Gasteiger partial charge in [0.15, 0.2) is 0 Å². The van der Waals surface area contributed by atoms with Gasteiger partial charge in [0.2, 0.25) is 5.91 Å². The second-order valence-corrected chi connectivity index (χ2v) is 6.55. The van der Waals surface area contributed by atoms with Crippen molar-refractivity contribution in [2.24, 2.45) is 5.92 Å². The van der Waals surface area contributed by atoms with Gasteiger partial charge in [0, 0.05) is 6.04 Å². The Morgan fingerprint density at radius 1 is 1.15 bits per heavy atom. The summed E-state index contributed by atoms with van der Waals surface area (Å²) in [6, 6.07) is 0.574. The molecule has 1 amide bonds. The summed E-state index contributed by atoms with van der Waals surface area (Å²) in [4.78, 5) is 15.0. The number of rotatable bonds is 6. The van der Waals surface area contributed by atoms with Gasteiger partial charge in [-0.1, -0.05) is 52.9 Å². The van der Waals surface area contributed by atoms with Crippen molar-refractivity contribution in [3.05, 3.63) is 0 Å². The van der Waals surface area contributed by atoms with Gasteiger partial charge in [-0.25, -0.2) is 0 Å². The molecule has 2 fully saturated rings. The lowest BCUT2D eigenvalue weighted by Gasteiger charge is -2.40. The predicted octanol–water partition coefficient (Wildman–Crippen LogP) is 3.68. The van der Waals surface area contributed by atoms with Gasteiger partial charge in [-0.15, -0.1) is 0 Å². The first-order valence-corrected chi connectivity index (χ1v) is 8.81. The zero-order valence-corrected chi connectivity index (χ0v) is 13.5. The monoisotopic (exact) mass is 280 g/mol. The number of hydrogen-bond donors (Lipinski definition) is 1. The summed E-state index contributed by atoms with van der Waals surface area (Å²) < 4.78 is 0. The zero-order chi connectivity index (χ0) is 14.5. The van der Waals surface area contributed by atoms with E-state index in [-0.39, 0.29) is 12.2 Å². The summed E-state index contributed by atoms with van der Waals surface area (Å²) in [5.41, 5.74) is 0. The van der Waals surface area contributed by atoms with Gasteiger partial charge in [0.05, 0.1) is 12.2 Å². The number of nitrogens with one attached hydrogen (secondary N) is 1. The summed E-state index contributed by atoms with van der Waals surface area (Å²) >= 11 is 0. The molecule has 1 saturated heterocycles. The first-order chi connectivity index (χ1) is 9.72. The van der Waals surface area contributed by atoms with Crippen molar-refractivity contribution in [1.82, 2.24) is 10.2 Å². The van der Waals surface area contributed by atoms with Crippen LogP contribution in [0.3, 0.4) is 0 Å². The van der Waals surface area contributed by atoms with Crippen LogP contribution >= 0.6 is 0 Å². The number of carbonyl (C=O) groups is 1. The molecule has 1 aliphatic heterocycles. The maximum atomic E-state index is 12.8. The summed E-state index contributed by atoms with van der Waals surface area (Å²) in [5, 5.41) is 3.59. The molecule has 3 nitrogen and oxygen atoms in total. The van der Waals surface area contributed by atoms with E-state index in [0.29, 0.717) is 17.9 Å². The number of amides is 1. The lowest BCUT2D eigenvalue weighted by atomic mass is 9.81. The Kier molecular flexibility index (Phi) is 5.88. The Morgan fingerprint density at radius 2 is 1.90 bits per heavy atom. The van der Waals surface area contributed by atoms with Crippen molar-refractivity contribution in [3.8, 4) is 0 Å². The van der Waals surface area contributed by atoms with E-state index in [1.54, 1.807) is 0 Å². The maximum absolute atomic E-state index is 12.8. The molecular formula is C17H32N2O. The van der Waals surface area contributed by atoms with Crippen molar-refractivity contribution in [2.75, 3.05) is 0 Å². The lowest BCUT2D eigenvalue weighted by Crippen LogP contribution is -2.49. The molecule has 1 heterocycles. The Balaban J connectivity index is 2.09. The molecule has 20 heavy (non-hydrogen) atoms. The summed E-state index contributed by atoms with van der Waals surface area (Å²) in [6.45, 7) is 6.68. The fourth-order valence-corrected chi connectivity index (χ4v) is 4.07. The molecule has 0 spiro atoms. The van der Waals surface area contributed by atoms with Gasteiger partial charge in [-0.3, -0.25) is 10.1 Å². The van der Waals surface area contributed by atoms with E-state index in [1.165, 1.54) is 38.5 Å². The fraction of sp³-hybridized carbons (Fsp3) is 0.941. The highest BCUT2D eigenvalue weighted by molar-refractivity contribution is 5.84. The average Bonchev–Trinajstić information content (AvgIpc) is 2.81. The molecule has 2 rings (SSSR count). The molecule has 0 bridgehead atoms. The highest BCUT2D eigenvalue weighted by Crippen LogP contribution is 2.34. The molecule has 0 aromatic carbocycles. The second-order valence-electron chi connectivity index (χ2n) is 6.55. The van der Waals surface area contributed by atoms with Crippen LogP contribution in [0.2, 0.25) is 0 Å². The van der Waals surface area contributed by atoms with Crippen LogP contribution in [0.4, 0.5) is 0 Å². The van der Waals surface area contributed by atoms with Crippen LogP contribution in [0, 0.1) is 5.92 Å². The first kappa shape index (κ1) is 15.8. The van der Waals surface area contributed by atoms with E-state index in [4.69, 9.17) is 0 Å². The minimum Gasteiger partial charge on any atom is -0.323 e. The van der Waals surface area contributed by atoms with Gasteiger partial charge in [-0.2, -0.15) is 0 Å². The van der Waals surface area contributed by atoms with E-state index >= 15 is 0 Å². The van der Waals surface area contributed by atoms with E-state index in [0.717, 1.165) is 19.3 Å². The Bertz CT molecular complexity index is 318. The minimum absolute atomic E-state index is 0.0827. The van der Waals surface area contributed by atoms with Crippen LogP contribution in [0.15, 0.2) is 0 Å². The average molecular weight is 280 g/mol. The van der Waals surface area contributed by atoms with Gasteiger partial charge in [0.1, 0.15) is 0 Å². The lowest BCUT2D eigenvalue weighted by molar-refractivity contribution is -0.134. The molecule has 0 radical (unpaired) electrons. The maximum Gasteiger partial charge on any atom is 0.241 e. The van der Waals surface area contributed by atoms with Crippen molar-refractivity contribution >= 4 is 5.91 Å². The van der Waals surface area contributed by atoms with E-state index < -0.39 is 0 Å². The molecule has 2 aliphatic rings. The topological polar surface area (TPSA) is 32.3 Å². The summed E-state index contributed by atoms with van der Waals surface area (Å²) in [7, 11) is 0. The third-order valence-corrected chi connectivity index (χ3v) is 5.27. The Morgan fingerprint density at radius 3 is 2.55 bits per heavy atom. The number of unbranched alkanes of at least 4 members (excludes halogenated alkanes) is 1. The minimum atomic E-state index is 0.0827. The highest BCUT2D eigenvalue weighted by atomic mass is 16.2. The van der Waals surface area contributed by atoms with Crippen LogP contribution in [-0.2, 0) is 4.79 Å². The molecule has 0 aromatic rings. The molecule has 0 aromatic heterocycles. The van der Waals surface area contributed by atoms with Crippen LogP contribution in [0.1, 0.15) is 78.6 Å². The van der Waals surface area contributed by atoms with Crippen molar-refractivity contribution in [3.63, 3.8) is 0 Å². The van der Waals surface area contributed by atoms with Crippen LogP contribution in [-0.4, -0.2) is 29.1 Å². The smallest absolute Gasteiger partial charge is 0.241 e. The van der Waals surface area contributed by atoms with Crippen molar-refractivity contribution < 1.29 is 4.79 Å². The predicted molar refractivity (Wildman–Crippen MR) is 83.4 cm³/mol. The number of nitrogens with zero attached hydrogens (tertiary/aromatic N) is 1. The number of carbonyl (C=O) groups excluding carboxylic acids is 1. The second kappa shape index (κ2) is 7.44. The molecular weight excluding hydrogens is 248 g/mol. The molecule has 3 heteroatoms. The van der Waals surface area contributed by atoms with Gasteiger partial charge in [-0.05, 0) is 31.6 Å². The number of hydrogen-bond acceptors (Lipinski definition) is 2. The Hall–Kier alpha value is -0.570. The molecule has 4 atom stereocenters. The van der Waals surface area contributed by atoms with E-state index in [1.807, 2.05) is 0 Å². The molecule has 1 aliphatic carbocycles. The molecule has 1 saturated carbocycles. The van der Waals surface area contributed by atoms with Gasteiger partial charge in [0.25, 0.3) is 0 Å². The van der Waals surface area contributed by atoms with Crippen molar-refractivity contribution in [1.29, 1.82) is 0 Å². The Labute approximate surface area is 124 Å². The highest BCUT2D eigenvalue weighted by Gasteiger charge is 2.43. The first-order valence-electron chi connectivity index (χ1n) is 8.81. The van der Waals surface area contributed by atoms with Gasteiger partial charge < -0.3 is 4.90 Å². The fourth-order valence-electron chi connectivity index (χ4n) is 4.07. The van der Waals surface area contributed by atoms with Gasteiger partial charge >= 0.3 is 0 Å². The normalized spacial score (nSPS) is 34.8. The van der Waals surface area contributed by atoms with Crippen LogP contribution in [0.5, 0.6) is 0 Å². The summed E-state index contributed by atoms with van der Waals surface area (Å²) in [6.07, 6.45) is 11.0. The van der Waals surface area contributed by atoms with Crippen molar-refractivity contribution in [2.45, 2.75) is 96.8 Å². The summed E-state index contributed by atoms with van der Waals surface area (Å²) in [5.74, 6) is 1.10. The largest absolute Gasteiger partial charge is 0.323 e. The van der Waals surface area contributed by atoms with Crippen LogP contribution in [0.25, 0.3) is 0 Å². The third kappa shape index (κ3) is 3.19. The quantitative estimate of drug-likeness (QED) is 0.805. The van der Waals surface area contributed by atoms with Crippen LogP contribution < -0.4 is 5.32 Å². The SMILES string of the molecule is CCCCC1NC(CC)N(C2CCCCC2CC)C1=O. The molecule has 1 N–H and O–H groups in total. The zero-order valence-electron chi connectivity index (χ0n) is 13.5. The third-order valence-electron chi connectivity index (χ3n) is 5.27. The van der Waals surface area contributed by atoms with E-state index in [9.17, 15) is 4.79 Å². The molecule has 4 unspecified atom stereocenters. The standard InChI is InChI=1S/C17H32N2O/c1-4-7-11-14-17(20)19(16(6-3)18-14)15-12-9-8-10-13(15)5-2/h13-16,18H,4-12H2,1-3H3. The van der Waals surface area contributed by atoms with E-state index in [2.05, 4.69) is 31.0 Å². The molecule has 116 valence electrons.